The van der Waals surface area contributed by atoms with Gasteiger partial charge in [-0.3, -0.25) is 24.3 Å². The first-order valence-electron chi connectivity index (χ1n) is 9.42. The summed E-state index contributed by atoms with van der Waals surface area (Å²) in [5.41, 5.74) is 1.22. The molecular weight excluding hydrogens is 408 g/mol. The van der Waals surface area contributed by atoms with E-state index in [0.717, 1.165) is 22.6 Å². The lowest BCUT2D eigenvalue weighted by molar-refractivity contribution is -0.121. The molecule has 1 aromatic carbocycles. The number of hydrogen-bond donors (Lipinski definition) is 1. The summed E-state index contributed by atoms with van der Waals surface area (Å²) in [5, 5.41) is 2.68. The summed E-state index contributed by atoms with van der Waals surface area (Å²) in [6.07, 6.45) is 3.09. The van der Waals surface area contributed by atoms with Crippen LogP contribution in [0.3, 0.4) is 0 Å². The minimum absolute atomic E-state index is 0.0226. The van der Waals surface area contributed by atoms with Crippen LogP contribution >= 0.6 is 0 Å². The topological polar surface area (TPSA) is 92.5 Å². The molecular formula is C22H17F2N3O4. The average Bonchev–Trinajstić information content (AvgIpc) is 3.23. The van der Waals surface area contributed by atoms with Crippen molar-refractivity contribution in [1.82, 2.24) is 10.3 Å². The molecule has 0 radical (unpaired) electrons. The molecule has 31 heavy (non-hydrogen) atoms. The van der Waals surface area contributed by atoms with Crippen LogP contribution in [0.2, 0.25) is 0 Å². The van der Waals surface area contributed by atoms with E-state index in [0.29, 0.717) is 5.56 Å². The molecule has 2 amide bonds. The summed E-state index contributed by atoms with van der Waals surface area (Å²) in [6.45, 7) is 0.230. The van der Waals surface area contributed by atoms with Gasteiger partial charge in [-0.2, -0.15) is 0 Å². The van der Waals surface area contributed by atoms with Crippen LogP contribution < -0.4 is 10.2 Å². The van der Waals surface area contributed by atoms with Crippen molar-refractivity contribution in [2.75, 3.05) is 11.9 Å². The van der Waals surface area contributed by atoms with Gasteiger partial charge in [0.15, 0.2) is 23.2 Å². The second-order valence-corrected chi connectivity index (χ2v) is 7.13. The summed E-state index contributed by atoms with van der Waals surface area (Å²) in [5.74, 6) is -4.98. The van der Waals surface area contributed by atoms with Crippen LogP contribution in [0.4, 0.5) is 14.7 Å². The number of benzene rings is 1. The van der Waals surface area contributed by atoms with Gasteiger partial charge in [0.2, 0.25) is 11.8 Å². The van der Waals surface area contributed by atoms with Gasteiger partial charge in [0.25, 0.3) is 5.91 Å². The van der Waals surface area contributed by atoms with Gasteiger partial charge in [0, 0.05) is 32.1 Å². The van der Waals surface area contributed by atoms with E-state index in [-0.39, 0.29) is 30.2 Å². The van der Waals surface area contributed by atoms with Crippen LogP contribution in [0.15, 0.2) is 53.2 Å². The Balaban J connectivity index is 1.54. The van der Waals surface area contributed by atoms with Crippen molar-refractivity contribution in [3.63, 3.8) is 0 Å². The van der Waals surface area contributed by atoms with Crippen LogP contribution in [-0.4, -0.2) is 29.6 Å². The minimum Gasteiger partial charge on any atom is -0.434 e. The molecule has 0 fully saturated rings. The smallest absolute Gasteiger partial charge is 0.287 e. The Labute approximate surface area is 175 Å². The van der Waals surface area contributed by atoms with E-state index in [4.69, 9.17) is 4.42 Å². The van der Waals surface area contributed by atoms with Crippen molar-refractivity contribution in [1.29, 1.82) is 0 Å². The molecule has 4 rings (SSSR count). The van der Waals surface area contributed by atoms with Crippen LogP contribution in [0.1, 0.15) is 32.0 Å². The van der Waals surface area contributed by atoms with Gasteiger partial charge in [-0.25, -0.2) is 8.78 Å². The number of aromatic nitrogens is 1. The second-order valence-electron chi connectivity index (χ2n) is 7.13. The van der Waals surface area contributed by atoms with Crippen molar-refractivity contribution >= 4 is 23.5 Å². The number of hydrogen-bond acceptors (Lipinski definition) is 5. The van der Waals surface area contributed by atoms with Crippen molar-refractivity contribution in [3.05, 3.63) is 82.9 Å². The largest absolute Gasteiger partial charge is 0.434 e. The zero-order valence-electron chi connectivity index (χ0n) is 16.4. The number of fused-ring (bicyclic) bond motifs is 1. The first kappa shape index (κ1) is 20.4. The zero-order valence-corrected chi connectivity index (χ0v) is 16.4. The fourth-order valence-corrected chi connectivity index (χ4v) is 3.41. The number of halogens is 2. The maximum absolute atomic E-state index is 13.5. The van der Waals surface area contributed by atoms with Crippen LogP contribution in [0.25, 0.3) is 0 Å². The molecule has 9 heteroatoms. The number of rotatable bonds is 5. The summed E-state index contributed by atoms with van der Waals surface area (Å²) in [6, 6.07) is 8.00. The molecule has 0 saturated heterocycles. The highest BCUT2D eigenvalue weighted by Gasteiger charge is 2.41. The van der Waals surface area contributed by atoms with E-state index < -0.39 is 35.1 Å². The lowest BCUT2D eigenvalue weighted by Gasteiger charge is -2.26. The highest BCUT2D eigenvalue weighted by atomic mass is 19.2. The van der Waals surface area contributed by atoms with Gasteiger partial charge in [0.05, 0.1) is 5.56 Å². The zero-order chi connectivity index (χ0) is 22.1. The molecule has 0 aliphatic carbocycles. The Kier molecular flexibility index (Phi) is 5.33. The van der Waals surface area contributed by atoms with Crippen LogP contribution in [-0.2, 0) is 17.8 Å². The van der Waals surface area contributed by atoms with Crippen molar-refractivity contribution in [3.8, 4) is 0 Å². The Hall–Kier alpha value is -3.88. The SMILES string of the molecule is CN1C(=O)C(Cc2ccc(F)c(F)c2)C(=O)c2cc(C(=O)NCc3ccncc3)oc21. The second kappa shape index (κ2) is 8.10. The van der Waals surface area contributed by atoms with Gasteiger partial charge >= 0.3 is 0 Å². The fraction of sp³-hybridized carbons (Fsp3) is 0.182. The van der Waals surface area contributed by atoms with E-state index in [9.17, 15) is 23.2 Å². The predicted molar refractivity (Wildman–Crippen MR) is 105 cm³/mol. The molecule has 1 unspecified atom stereocenters. The molecule has 158 valence electrons. The lowest BCUT2D eigenvalue weighted by Crippen LogP contribution is -2.42. The number of carbonyl (C=O) groups excluding carboxylic acids is 3. The Morgan fingerprint density at radius 3 is 2.55 bits per heavy atom. The van der Waals surface area contributed by atoms with E-state index in [1.54, 1.807) is 24.5 Å². The van der Waals surface area contributed by atoms with Crippen LogP contribution in [0, 0.1) is 17.6 Å². The normalized spacial score (nSPS) is 15.7. The van der Waals surface area contributed by atoms with Gasteiger partial charge in [-0.1, -0.05) is 6.07 Å². The molecule has 2 aromatic heterocycles. The third kappa shape index (κ3) is 3.94. The van der Waals surface area contributed by atoms with E-state index >= 15 is 0 Å². The Morgan fingerprint density at radius 1 is 1.10 bits per heavy atom. The number of nitrogens with one attached hydrogen (secondary N) is 1. The maximum atomic E-state index is 13.5. The van der Waals surface area contributed by atoms with Crippen LogP contribution in [0.5, 0.6) is 0 Å². The molecule has 7 nitrogen and oxygen atoms in total. The molecule has 3 heterocycles. The summed E-state index contributed by atoms with van der Waals surface area (Å²) < 4.78 is 32.2. The standard InChI is InChI=1S/C22H17F2N3O4/c1-27-21(30)14(8-13-2-3-16(23)17(24)9-13)19(28)15-10-18(31-22(15)27)20(29)26-11-12-4-6-25-7-5-12/h2-7,9-10,14H,8,11H2,1H3,(H,26,29). The van der Waals surface area contributed by atoms with Crippen molar-refractivity contribution in [2.45, 2.75) is 13.0 Å². The first-order chi connectivity index (χ1) is 14.8. The van der Waals surface area contributed by atoms with E-state index in [1.165, 1.54) is 19.2 Å². The molecule has 0 spiro atoms. The lowest BCUT2D eigenvalue weighted by atomic mass is 9.88. The summed E-state index contributed by atoms with van der Waals surface area (Å²) >= 11 is 0. The third-order valence-electron chi connectivity index (χ3n) is 5.08. The first-order valence-corrected chi connectivity index (χ1v) is 9.42. The van der Waals surface area contributed by atoms with E-state index in [1.807, 2.05) is 0 Å². The average molecular weight is 425 g/mol. The molecule has 3 aromatic rings. The van der Waals surface area contributed by atoms with Gasteiger partial charge in [-0.15, -0.1) is 0 Å². The van der Waals surface area contributed by atoms with Gasteiger partial charge in [-0.05, 0) is 41.8 Å². The summed E-state index contributed by atoms with van der Waals surface area (Å²) in [4.78, 5) is 43.2. The number of ketones is 1. The number of amides is 2. The van der Waals surface area contributed by atoms with Crippen molar-refractivity contribution < 1.29 is 27.6 Å². The molecule has 1 atom stereocenters. The number of pyridine rings is 1. The quantitative estimate of drug-likeness (QED) is 0.635. The number of carbonyl (C=O) groups is 3. The number of nitrogens with zero attached hydrogens (tertiary/aromatic N) is 2. The van der Waals surface area contributed by atoms with Gasteiger partial charge < -0.3 is 9.73 Å². The fourth-order valence-electron chi connectivity index (χ4n) is 3.41. The predicted octanol–water partition coefficient (Wildman–Crippen LogP) is 2.90. The monoisotopic (exact) mass is 425 g/mol. The number of Topliss-reactive ketones (excluding diaryl/α,β-unsaturated/α-hetero) is 1. The number of furan rings is 1. The highest BCUT2D eigenvalue weighted by molar-refractivity contribution is 6.21. The third-order valence-corrected chi connectivity index (χ3v) is 5.08. The summed E-state index contributed by atoms with van der Waals surface area (Å²) in [7, 11) is 1.42. The molecule has 0 saturated carbocycles. The van der Waals surface area contributed by atoms with E-state index in [2.05, 4.69) is 10.3 Å². The molecule has 0 bridgehead atoms. The number of anilines is 1. The van der Waals surface area contributed by atoms with Crippen molar-refractivity contribution in [2.24, 2.45) is 5.92 Å². The molecule has 1 aliphatic heterocycles. The highest BCUT2D eigenvalue weighted by Crippen LogP contribution is 2.34. The Bertz CT molecular complexity index is 1180. The Morgan fingerprint density at radius 2 is 1.84 bits per heavy atom. The molecule has 1 aliphatic rings. The van der Waals surface area contributed by atoms with Gasteiger partial charge in [0.1, 0.15) is 5.92 Å². The molecule has 1 N–H and O–H groups in total. The minimum atomic E-state index is -1.13. The maximum Gasteiger partial charge on any atom is 0.287 e.